The van der Waals surface area contributed by atoms with Crippen LogP contribution >= 0.6 is 0 Å². The number of hydrogen-bond donors (Lipinski definition) is 2. The van der Waals surface area contributed by atoms with E-state index in [4.69, 9.17) is 5.11 Å². The largest absolute Gasteiger partial charge is 0.481 e. The molecule has 6 nitrogen and oxygen atoms in total. The molecule has 0 saturated carbocycles. The maximum atomic E-state index is 12.1. The molecule has 0 aromatic heterocycles. The Morgan fingerprint density at radius 1 is 1.24 bits per heavy atom. The van der Waals surface area contributed by atoms with E-state index in [2.05, 4.69) is 5.32 Å². The number of nitrogens with one attached hydrogen (secondary N) is 1. The Labute approximate surface area is 125 Å². The molecule has 0 radical (unpaired) electrons. The Hall–Kier alpha value is -1.59. The third-order valence-corrected chi connectivity index (χ3v) is 3.78. The van der Waals surface area contributed by atoms with Crippen molar-refractivity contribution in [3.8, 4) is 0 Å². The van der Waals surface area contributed by atoms with Crippen LogP contribution in [0.1, 0.15) is 51.9 Å². The zero-order chi connectivity index (χ0) is 15.7. The van der Waals surface area contributed by atoms with Crippen molar-refractivity contribution in [2.45, 2.75) is 51.9 Å². The molecule has 2 N–H and O–H groups in total. The van der Waals surface area contributed by atoms with Gasteiger partial charge in [0.1, 0.15) is 0 Å². The fraction of sp³-hybridized carbons (Fsp3) is 0.800. The van der Waals surface area contributed by atoms with Crippen molar-refractivity contribution in [1.29, 1.82) is 0 Å². The summed E-state index contributed by atoms with van der Waals surface area (Å²) in [6, 6.07) is 0. The summed E-state index contributed by atoms with van der Waals surface area (Å²) >= 11 is 0. The molecular weight excluding hydrogens is 272 g/mol. The van der Waals surface area contributed by atoms with E-state index < -0.39 is 5.97 Å². The summed E-state index contributed by atoms with van der Waals surface area (Å²) in [7, 11) is 0. The number of hydrogen-bond acceptors (Lipinski definition) is 3. The van der Waals surface area contributed by atoms with Crippen LogP contribution in [-0.4, -0.2) is 47.4 Å². The fourth-order valence-electron chi connectivity index (χ4n) is 2.71. The van der Waals surface area contributed by atoms with Gasteiger partial charge in [0.15, 0.2) is 0 Å². The molecule has 0 aliphatic carbocycles. The molecule has 0 aromatic rings. The lowest BCUT2D eigenvalue weighted by atomic mass is 9.94. The van der Waals surface area contributed by atoms with E-state index in [1.165, 1.54) is 6.92 Å². The second kappa shape index (κ2) is 9.37. The van der Waals surface area contributed by atoms with Gasteiger partial charge < -0.3 is 15.3 Å². The van der Waals surface area contributed by atoms with Gasteiger partial charge in [-0.1, -0.05) is 6.42 Å². The van der Waals surface area contributed by atoms with Gasteiger partial charge in [0, 0.05) is 39.4 Å². The highest BCUT2D eigenvalue weighted by Crippen LogP contribution is 2.20. The molecule has 1 fully saturated rings. The molecule has 1 heterocycles. The number of aliphatic carboxylic acids is 1. The fourth-order valence-corrected chi connectivity index (χ4v) is 2.71. The van der Waals surface area contributed by atoms with Gasteiger partial charge >= 0.3 is 5.97 Å². The van der Waals surface area contributed by atoms with Crippen LogP contribution in [0.2, 0.25) is 0 Å². The summed E-state index contributed by atoms with van der Waals surface area (Å²) in [5.41, 5.74) is 0. The lowest BCUT2D eigenvalue weighted by Crippen LogP contribution is -2.40. The van der Waals surface area contributed by atoms with Crippen LogP contribution in [0.5, 0.6) is 0 Å². The van der Waals surface area contributed by atoms with Gasteiger partial charge in [0.05, 0.1) is 0 Å². The predicted octanol–water partition coefficient (Wildman–Crippen LogP) is 1.40. The molecule has 1 rings (SSSR count). The number of unbranched alkanes of at least 4 members (excludes halogenated alkanes) is 2. The molecule has 6 heteroatoms. The van der Waals surface area contributed by atoms with Crippen molar-refractivity contribution < 1.29 is 19.5 Å². The number of amides is 2. The first-order valence-electron chi connectivity index (χ1n) is 7.73. The Morgan fingerprint density at radius 3 is 2.67 bits per heavy atom. The summed E-state index contributed by atoms with van der Waals surface area (Å²) in [5.74, 6) is -0.583. The Kier molecular flexibility index (Phi) is 7.79. The van der Waals surface area contributed by atoms with E-state index in [1.54, 1.807) is 0 Å². The molecule has 0 bridgehead atoms. The Balaban J connectivity index is 2.16. The van der Waals surface area contributed by atoms with Crippen molar-refractivity contribution in [2.75, 3.05) is 19.6 Å². The van der Waals surface area contributed by atoms with Crippen LogP contribution in [0.25, 0.3) is 0 Å². The number of carbonyl (C=O) groups excluding carboxylic acids is 2. The van der Waals surface area contributed by atoms with Crippen molar-refractivity contribution in [3.05, 3.63) is 0 Å². The lowest BCUT2D eigenvalue weighted by molar-refractivity contribution is -0.140. The molecule has 0 spiro atoms. The minimum Gasteiger partial charge on any atom is -0.481 e. The van der Waals surface area contributed by atoms with Gasteiger partial charge in [0.25, 0.3) is 0 Å². The summed E-state index contributed by atoms with van der Waals surface area (Å²) in [4.78, 5) is 35.3. The van der Waals surface area contributed by atoms with Crippen LogP contribution in [0.3, 0.4) is 0 Å². The summed E-state index contributed by atoms with van der Waals surface area (Å²) in [6.45, 7) is 3.49. The third kappa shape index (κ3) is 7.68. The summed E-state index contributed by atoms with van der Waals surface area (Å²) in [6.07, 6.45) is 5.07. The minimum atomic E-state index is -0.785. The van der Waals surface area contributed by atoms with Crippen LogP contribution in [0, 0.1) is 5.92 Å². The normalized spacial score (nSPS) is 18.3. The number of likely N-dealkylation sites (tertiary alicyclic amines) is 1. The maximum Gasteiger partial charge on any atom is 0.303 e. The van der Waals surface area contributed by atoms with Crippen LogP contribution in [-0.2, 0) is 14.4 Å². The molecule has 2 amide bonds. The van der Waals surface area contributed by atoms with Crippen molar-refractivity contribution >= 4 is 17.8 Å². The molecule has 120 valence electrons. The Morgan fingerprint density at radius 2 is 2.00 bits per heavy atom. The molecule has 1 aliphatic heterocycles. The summed E-state index contributed by atoms with van der Waals surface area (Å²) < 4.78 is 0. The number of piperidine rings is 1. The van der Waals surface area contributed by atoms with Crippen LogP contribution < -0.4 is 5.32 Å². The van der Waals surface area contributed by atoms with E-state index in [9.17, 15) is 14.4 Å². The second-order valence-electron chi connectivity index (χ2n) is 5.74. The van der Waals surface area contributed by atoms with E-state index in [0.29, 0.717) is 19.5 Å². The maximum absolute atomic E-state index is 12.1. The van der Waals surface area contributed by atoms with Gasteiger partial charge in [-0.3, -0.25) is 14.4 Å². The first kappa shape index (κ1) is 17.5. The number of rotatable bonds is 8. The van der Waals surface area contributed by atoms with Gasteiger partial charge in [-0.15, -0.1) is 0 Å². The molecule has 1 atom stereocenters. The second-order valence-corrected chi connectivity index (χ2v) is 5.74. The lowest BCUT2D eigenvalue weighted by Gasteiger charge is -2.32. The van der Waals surface area contributed by atoms with Gasteiger partial charge in [-0.2, -0.15) is 0 Å². The SMILES string of the molecule is CC(=O)NCCCCCC(=O)N1CCCC(CC(=O)O)C1. The number of carboxylic acids is 1. The highest BCUT2D eigenvalue weighted by Gasteiger charge is 2.24. The van der Waals surface area contributed by atoms with Crippen molar-refractivity contribution in [3.63, 3.8) is 0 Å². The summed E-state index contributed by atoms with van der Waals surface area (Å²) in [5, 5.41) is 11.6. The molecule has 21 heavy (non-hydrogen) atoms. The van der Waals surface area contributed by atoms with E-state index in [-0.39, 0.29) is 24.2 Å². The molecule has 1 unspecified atom stereocenters. The highest BCUT2D eigenvalue weighted by atomic mass is 16.4. The quantitative estimate of drug-likeness (QED) is 0.663. The smallest absolute Gasteiger partial charge is 0.303 e. The van der Waals surface area contributed by atoms with E-state index in [1.807, 2.05) is 4.90 Å². The molecular formula is C15H26N2O4. The average molecular weight is 298 g/mol. The number of carboxylic acid groups (broad SMARTS) is 1. The number of carbonyl (C=O) groups is 3. The Bertz CT molecular complexity index is 371. The predicted molar refractivity (Wildman–Crippen MR) is 78.7 cm³/mol. The van der Waals surface area contributed by atoms with E-state index >= 15 is 0 Å². The standard InChI is InChI=1S/C15H26N2O4/c1-12(18)16-8-4-2-3-7-14(19)17-9-5-6-13(11-17)10-15(20)21/h13H,2-11H2,1H3,(H,16,18)(H,20,21). The van der Waals surface area contributed by atoms with Gasteiger partial charge in [0.2, 0.25) is 11.8 Å². The average Bonchev–Trinajstić information content (AvgIpc) is 2.41. The molecule has 1 aliphatic rings. The first-order chi connectivity index (χ1) is 9.99. The number of nitrogens with zero attached hydrogens (tertiary/aromatic N) is 1. The van der Waals surface area contributed by atoms with Gasteiger partial charge in [-0.05, 0) is 31.6 Å². The topological polar surface area (TPSA) is 86.7 Å². The molecule has 1 saturated heterocycles. The van der Waals surface area contributed by atoms with E-state index in [0.717, 1.165) is 38.6 Å². The first-order valence-corrected chi connectivity index (χ1v) is 7.73. The highest BCUT2D eigenvalue weighted by molar-refractivity contribution is 5.76. The zero-order valence-electron chi connectivity index (χ0n) is 12.8. The molecule has 0 aromatic carbocycles. The minimum absolute atomic E-state index is 0.0242. The third-order valence-electron chi connectivity index (χ3n) is 3.78. The zero-order valence-corrected chi connectivity index (χ0v) is 12.8. The van der Waals surface area contributed by atoms with Crippen molar-refractivity contribution in [1.82, 2.24) is 10.2 Å². The van der Waals surface area contributed by atoms with Crippen molar-refractivity contribution in [2.24, 2.45) is 5.92 Å². The monoisotopic (exact) mass is 298 g/mol. The van der Waals surface area contributed by atoms with Crippen LogP contribution in [0.4, 0.5) is 0 Å². The van der Waals surface area contributed by atoms with Crippen LogP contribution in [0.15, 0.2) is 0 Å². The van der Waals surface area contributed by atoms with Gasteiger partial charge in [-0.25, -0.2) is 0 Å².